The van der Waals surface area contributed by atoms with E-state index >= 15 is 0 Å². The van der Waals surface area contributed by atoms with Gasteiger partial charge >= 0.3 is 0 Å². The van der Waals surface area contributed by atoms with E-state index in [2.05, 4.69) is 10.4 Å². The van der Waals surface area contributed by atoms with Gasteiger partial charge in [-0.15, -0.1) is 0 Å². The molecule has 1 aliphatic heterocycles. The molecular weight excluding hydrogens is 328 g/mol. The summed E-state index contributed by atoms with van der Waals surface area (Å²) in [7, 11) is 0. The van der Waals surface area contributed by atoms with Gasteiger partial charge in [-0.05, 0) is 39.5 Å². The normalized spacial score (nSPS) is 18.7. The summed E-state index contributed by atoms with van der Waals surface area (Å²) in [4.78, 5) is 26.3. The molecule has 0 aromatic carbocycles. The molecule has 1 saturated carbocycles. The Kier molecular flexibility index (Phi) is 5.13. The summed E-state index contributed by atoms with van der Waals surface area (Å²) in [6.45, 7) is 6.38. The number of aromatic nitrogens is 2. The molecule has 7 heteroatoms. The van der Waals surface area contributed by atoms with Crippen molar-refractivity contribution in [2.45, 2.75) is 46.1 Å². The second-order valence-electron chi connectivity index (χ2n) is 6.87. The van der Waals surface area contributed by atoms with Crippen LogP contribution in [0.5, 0.6) is 0 Å². The highest BCUT2D eigenvalue weighted by atomic mass is 35.5. The van der Waals surface area contributed by atoms with Gasteiger partial charge in [-0.25, -0.2) is 0 Å². The van der Waals surface area contributed by atoms with E-state index in [1.807, 2.05) is 23.4 Å². The van der Waals surface area contributed by atoms with Crippen molar-refractivity contribution in [3.05, 3.63) is 16.4 Å². The van der Waals surface area contributed by atoms with Crippen LogP contribution < -0.4 is 5.32 Å². The highest BCUT2D eigenvalue weighted by molar-refractivity contribution is 6.31. The van der Waals surface area contributed by atoms with Crippen LogP contribution in [0.2, 0.25) is 5.02 Å². The van der Waals surface area contributed by atoms with Gasteiger partial charge in [0.15, 0.2) is 0 Å². The van der Waals surface area contributed by atoms with Crippen molar-refractivity contribution >= 4 is 23.4 Å². The zero-order valence-electron chi connectivity index (χ0n) is 14.3. The molecule has 0 unspecified atom stereocenters. The maximum absolute atomic E-state index is 12.3. The predicted octanol–water partition coefficient (Wildman–Crippen LogP) is 1.92. The lowest BCUT2D eigenvalue weighted by Crippen LogP contribution is -2.44. The first-order chi connectivity index (χ1) is 11.5. The number of piperidine rings is 1. The fourth-order valence-corrected chi connectivity index (χ4v) is 3.41. The van der Waals surface area contributed by atoms with Crippen LogP contribution in [-0.2, 0) is 16.1 Å². The number of hydrogen-bond acceptors (Lipinski definition) is 3. The summed E-state index contributed by atoms with van der Waals surface area (Å²) in [5.74, 6) is 0.650. The fourth-order valence-electron chi connectivity index (χ4n) is 3.27. The Bertz CT molecular complexity index is 631. The monoisotopic (exact) mass is 352 g/mol. The summed E-state index contributed by atoms with van der Waals surface area (Å²) in [6, 6.07) is 0. The van der Waals surface area contributed by atoms with Crippen LogP contribution in [0, 0.1) is 25.7 Å². The molecule has 1 aliphatic carbocycles. The van der Waals surface area contributed by atoms with Crippen LogP contribution in [0.3, 0.4) is 0 Å². The molecule has 24 heavy (non-hydrogen) atoms. The van der Waals surface area contributed by atoms with Gasteiger partial charge in [0.1, 0.15) is 0 Å². The molecule has 0 spiro atoms. The van der Waals surface area contributed by atoms with E-state index in [1.54, 1.807) is 0 Å². The molecule has 0 radical (unpaired) electrons. The minimum absolute atomic E-state index is 0.0114. The quantitative estimate of drug-likeness (QED) is 0.880. The van der Waals surface area contributed by atoms with Crippen molar-refractivity contribution in [3.63, 3.8) is 0 Å². The number of hydrogen-bond donors (Lipinski definition) is 1. The molecule has 1 N–H and O–H groups in total. The van der Waals surface area contributed by atoms with Crippen LogP contribution in [0.1, 0.15) is 37.1 Å². The average molecular weight is 353 g/mol. The molecule has 132 valence electrons. The Hall–Kier alpha value is -1.56. The third-order valence-corrected chi connectivity index (χ3v) is 5.57. The SMILES string of the molecule is Cc1nn(CCNC(=O)C2CCN(C(=O)C3CC3)CC2)c(C)c1Cl. The third kappa shape index (κ3) is 3.74. The molecule has 2 fully saturated rings. The van der Waals surface area contributed by atoms with Gasteiger partial charge in [0, 0.05) is 31.5 Å². The molecule has 1 saturated heterocycles. The lowest BCUT2D eigenvalue weighted by molar-refractivity contribution is -0.136. The number of amides is 2. The molecule has 3 rings (SSSR count). The highest BCUT2D eigenvalue weighted by Crippen LogP contribution is 2.32. The minimum atomic E-state index is 0.0114. The van der Waals surface area contributed by atoms with E-state index in [-0.39, 0.29) is 23.7 Å². The summed E-state index contributed by atoms with van der Waals surface area (Å²) in [6.07, 6.45) is 3.59. The van der Waals surface area contributed by atoms with Gasteiger partial charge in [-0.3, -0.25) is 14.3 Å². The minimum Gasteiger partial charge on any atom is -0.354 e. The number of rotatable bonds is 5. The lowest BCUT2D eigenvalue weighted by atomic mass is 9.95. The van der Waals surface area contributed by atoms with Crippen LogP contribution in [0.4, 0.5) is 0 Å². The number of likely N-dealkylation sites (tertiary alicyclic amines) is 1. The fraction of sp³-hybridized carbons (Fsp3) is 0.706. The van der Waals surface area contributed by atoms with E-state index in [1.165, 1.54) is 0 Å². The zero-order chi connectivity index (χ0) is 17.3. The first-order valence-electron chi connectivity index (χ1n) is 8.73. The van der Waals surface area contributed by atoms with Crippen molar-refractivity contribution in [3.8, 4) is 0 Å². The van der Waals surface area contributed by atoms with E-state index < -0.39 is 0 Å². The molecule has 2 amide bonds. The molecule has 6 nitrogen and oxygen atoms in total. The molecule has 2 heterocycles. The van der Waals surface area contributed by atoms with Gasteiger partial charge in [-0.2, -0.15) is 5.10 Å². The number of nitrogens with one attached hydrogen (secondary N) is 1. The number of halogens is 1. The van der Waals surface area contributed by atoms with Crippen molar-refractivity contribution in [2.24, 2.45) is 11.8 Å². The van der Waals surface area contributed by atoms with Crippen LogP contribution >= 0.6 is 11.6 Å². The summed E-state index contributed by atoms with van der Waals surface area (Å²) >= 11 is 6.12. The van der Waals surface area contributed by atoms with Crippen molar-refractivity contribution in [1.82, 2.24) is 20.0 Å². The summed E-state index contributed by atoms with van der Waals surface area (Å²) in [5.41, 5.74) is 1.74. The Morgan fingerprint density at radius 3 is 2.38 bits per heavy atom. The molecular formula is C17H25ClN4O2. The molecule has 1 aromatic heterocycles. The Balaban J connectivity index is 1.41. The molecule has 2 aliphatic rings. The van der Waals surface area contributed by atoms with Gasteiger partial charge in [0.25, 0.3) is 0 Å². The van der Waals surface area contributed by atoms with E-state index in [9.17, 15) is 9.59 Å². The first kappa shape index (κ1) is 17.3. The predicted molar refractivity (Wildman–Crippen MR) is 91.7 cm³/mol. The largest absolute Gasteiger partial charge is 0.354 e. The highest BCUT2D eigenvalue weighted by Gasteiger charge is 2.35. The Morgan fingerprint density at radius 1 is 1.17 bits per heavy atom. The second kappa shape index (κ2) is 7.13. The number of carbonyl (C=O) groups is 2. The van der Waals surface area contributed by atoms with Gasteiger partial charge in [0.2, 0.25) is 11.8 Å². The standard InChI is InChI=1S/C17H25ClN4O2/c1-11-15(18)12(2)22(20-11)10-7-19-16(23)13-5-8-21(9-6-13)17(24)14-3-4-14/h13-14H,3-10H2,1-2H3,(H,19,23). The second-order valence-corrected chi connectivity index (χ2v) is 7.25. The molecule has 0 bridgehead atoms. The zero-order valence-corrected chi connectivity index (χ0v) is 15.1. The van der Waals surface area contributed by atoms with Crippen molar-refractivity contribution in [2.75, 3.05) is 19.6 Å². The van der Waals surface area contributed by atoms with E-state index in [0.717, 1.165) is 37.1 Å². The Labute approximate surface area is 147 Å². The van der Waals surface area contributed by atoms with Crippen LogP contribution in [-0.4, -0.2) is 46.1 Å². The van der Waals surface area contributed by atoms with Gasteiger partial charge < -0.3 is 10.2 Å². The van der Waals surface area contributed by atoms with Crippen LogP contribution in [0.15, 0.2) is 0 Å². The van der Waals surface area contributed by atoms with Gasteiger partial charge in [0.05, 0.1) is 23.0 Å². The third-order valence-electron chi connectivity index (χ3n) is 5.02. The summed E-state index contributed by atoms with van der Waals surface area (Å²) in [5, 5.41) is 8.04. The lowest BCUT2D eigenvalue weighted by Gasteiger charge is -2.31. The summed E-state index contributed by atoms with van der Waals surface area (Å²) < 4.78 is 1.83. The molecule has 0 atom stereocenters. The van der Waals surface area contributed by atoms with Crippen molar-refractivity contribution < 1.29 is 9.59 Å². The topological polar surface area (TPSA) is 67.2 Å². The van der Waals surface area contributed by atoms with Gasteiger partial charge in [-0.1, -0.05) is 11.6 Å². The average Bonchev–Trinajstić information content (AvgIpc) is 3.40. The van der Waals surface area contributed by atoms with Crippen LogP contribution in [0.25, 0.3) is 0 Å². The maximum atomic E-state index is 12.3. The number of carbonyl (C=O) groups excluding carboxylic acids is 2. The van der Waals surface area contributed by atoms with Crippen molar-refractivity contribution in [1.29, 1.82) is 0 Å². The first-order valence-corrected chi connectivity index (χ1v) is 9.11. The maximum Gasteiger partial charge on any atom is 0.225 e. The molecule has 1 aromatic rings. The Morgan fingerprint density at radius 2 is 1.83 bits per heavy atom. The van der Waals surface area contributed by atoms with E-state index in [0.29, 0.717) is 31.2 Å². The smallest absolute Gasteiger partial charge is 0.225 e. The number of nitrogens with zero attached hydrogens (tertiary/aromatic N) is 3. The van der Waals surface area contributed by atoms with E-state index in [4.69, 9.17) is 11.6 Å². The number of aryl methyl sites for hydroxylation is 1.